The molecule has 37 heavy (non-hydrogen) atoms. The van der Waals surface area contributed by atoms with E-state index < -0.39 is 18.1 Å². The summed E-state index contributed by atoms with van der Waals surface area (Å²) < 4.78 is 8.99. The number of phenols is 1. The van der Waals surface area contributed by atoms with E-state index in [0.29, 0.717) is 5.75 Å². The third kappa shape index (κ3) is 8.86. The summed E-state index contributed by atoms with van der Waals surface area (Å²) in [5.41, 5.74) is 13.6. The van der Waals surface area contributed by atoms with E-state index in [-0.39, 0.29) is 0 Å². The van der Waals surface area contributed by atoms with Crippen LogP contribution in [0.25, 0.3) is 22.3 Å². The SMILES string of the molecule is CC.Cc1cc(C)c(-c2cccc(-c3c(C)cc(C)cc3C)c2O)c(C)c1.Cc1ccc(C)[n-]1.[CH2]=[W]=[O]. The summed E-state index contributed by atoms with van der Waals surface area (Å²) in [5.74, 6) is 0.368. The number of hydrogen-bond donors (Lipinski definition) is 1. The third-order valence-electron chi connectivity index (χ3n) is 5.85. The molecule has 0 aliphatic heterocycles. The molecule has 0 radical (unpaired) electrons. The molecule has 0 fully saturated rings. The van der Waals surface area contributed by atoms with Crippen molar-refractivity contribution in [2.24, 2.45) is 0 Å². The molecule has 1 N–H and O–H groups in total. The van der Waals surface area contributed by atoms with E-state index in [9.17, 15) is 5.11 Å². The second-order valence-corrected chi connectivity index (χ2v) is 9.94. The van der Waals surface area contributed by atoms with Gasteiger partial charge in [0.2, 0.25) is 0 Å². The van der Waals surface area contributed by atoms with Crippen LogP contribution in [-0.4, -0.2) is 10.0 Å². The quantitative estimate of drug-likeness (QED) is 0.233. The van der Waals surface area contributed by atoms with Crippen molar-refractivity contribution >= 4 is 4.90 Å². The molecular weight excluding hydrogens is 626 g/mol. The molecule has 4 aromatic rings. The Labute approximate surface area is 232 Å². The average Bonchev–Trinajstić information content (AvgIpc) is 3.19. The van der Waals surface area contributed by atoms with Crippen LogP contribution in [-0.2, 0) is 21.5 Å². The fourth-order valence-corrected chi connectivity index (χ4v) is 4.75. The minimum absolute atomic E-state index is 0.368. The minimum atomic E-state index is -1.25. The van der Waals surface area contributed by atoms with Crippen molar-refractivity contribution < 1.29 is 26.6 Å². The molecule has 0 spiro atoms. The number of benzene rings is 3. The second kappa shape index (κ2) is 15.4. The van der Waals surface area contributed by atoms with Gasteiger partial charge < -0.3 is 10.1 Å². The number of aromatic nitrogens is 1. The molecule has 198 valence electrons. The zero-order valence-corrected chi connectivity index (χ0v) is 27.0. The average molecular weight is 669 g/mol. The topological polar surface area (TPSA) is 51.4 Å². The number of aryl methyl sites for hydroxylation is 8. The van der Waals surface area contributed by atoms with Gasteiger partial charge in [-0.2, -0.15) is 11.4 Å². The van der Waals surface area contributed by atoms with E-state index in [1.807, 2.05) is 58.0 Å². The molecule has 4 rings (SSSR count). The van der Waals surface area contributed by atoms with E-state index in [0.717, 1.165) is 33.6 Å². The van der Waals surface area contributed by atoms with Crippen molar-refractivity contribution in [1.29, 1.82) is 0 Å². The second-order valence-electron chi connectivity index (χ2n) is 9.09. The maximum atomic E-state index is 11.1. The van der Waals surface area contributed by atoms with Crippen molar-refractivity contribution in [1.82, 2.24) is 4.98 Å². The normalized spacial score (nSPS) is 9.68. The van der Waals surface area contributed by atoms with Crippen LogP contribution in [0, 0.1) is 55.4 Å². The Hall–Kier alpha value is -2.90. The standard InChI is InChI=1S/C24H26O.C6H8N.C2H6.CH2.O.W/c1-14-10-16(3)22(17(4)11-14)20-8-7-9-21(24(20)25)23-18(5)12-15(2)13-19(23)6;1-5-3-4-6(2)7-5;1-2;;;/h7-13,25H,1-6H3;3-4H,1-2H3;1-2H3;1H2;;/q;-1;;;;. The first-order chi connectivity index (χ1) is 17.5. The van der Waals surface area contributed by atoms with Crippen molar-refractivity contribution in [3.05, 3.63) is 99.4 Å². The Morgan fingerprint density at radius 1 is 0.649 bits per heavy atom. The molecule has 0 bridgehead atoms. The van der Waals surface area contributed by atoms with E-state index in [1.54, 1.807) is 0 Å². The summed E-state index contributed by atoms with van der Waals surface area (Å²) in [4.78, 5) is 7.21. The Morgan fingerprint density at radius 2 is 0.946 bits per heavy atom. The first-order valence-corrected chi connectivity index (χ1v) is 15.9. The first kappa shape index (κ1) is 32.1. The van der Waals surface area contributed by atoms with Gasteiger partial charge >= 0.3 is 26.4 Å². The molecule has 0 unspecified atom stereocenters. The molecule has 0 aliphatic carbocycles. The number of rotatable bonds is 2. The molecule has 1 heterocycles. The Bertz CT molecular complexity index is 1220. The van der Waals surface area contributed by atoms with E-state index >= 15 is 0 Å². The molecular formula is C33H42NO2W-. The molecule has 3 nitrogen and oxygen atoms in total. The molecule has 0 atom stereocenters. The van der Waals surface area contributed by atoms with E-state index in [1.165, 1.54) is 33.4 Å². The van der Waals surface area contributed by atoms with Gasteiger partial charge in [0.1, 0.15) is 5.75 Å². The van der Waals surface area contributed by atoms with Crippen LogP contribution in [0.2, 0.25) is 0 Å². The molecule has 3 aromatic carbocycles. The number of para-hydroxylation sites is 1. The number of nitrogens with zero attached hydrogens (tertiary/aromatic N) is 1. The molecule has 1 aromatic heterocycles. The predicted octanol–water partition coefficient (Wildman–Crippen LogP) is 8.71. The van der Waals surface area contributed by atoms with E-state index in [2.05, 4.69) is 75.7 Å². The van der Waals surface area contributed by atoms with Gasteiger partial charge in [0.15, 0.2) is 0 Å². The van der Waals surface area contributed by atoms with Crippen LogP contribution in [0.15, 0.2) is 54.6 Å². The number of phenolic OH excluding ortho intramolecular Hbond substituents is 1. The van der Waals surface area contributed by atoms with Gasteiger partial charge in [0, 0.05) is 11.1 Å². The van der Waals surface area contributed by atoms with Crippen LogP contribution in [0.4, 0.5) is 0 Å². The molecule has 0 saturated carbocycles. The van der Waals surface area contributed by atoms with Crippen molar-refractivity contribution in [3.8, 4) is 28.0 Å². The summed E-state index contributed by atoms with van der Waals surface area (Å²) in [6, 6.07) is 18.8. The van der Waals surface area contributed by atoms with Gasteiger partial charge in [-0.3, -0.25) is 0 Å². The summed E-state index contributed by atoms with van der Waals surface area (Å²) in [5, 5.41) is 11.1. The maximum absolute atomic E-state index is 11.1. The van der Waals surface area contributed by atoms with Crippen molar-refractivity contribution in [2.45, 2.75) is 69.2 Å². The predicted molar refractivity (Wildman–Crippen MR) is 156 cm³/mol. The summed E-state index contributed by atoms with van der Waals surface area (Å²) in [7, 11) is 0. The van der Waals surface area contributed by atoms with Crippen molar-refractivity contribution in [3.63, 3.8) is 0 Å². The van der Waals surface area contributed by atoms with Gasteiger partial charge in [-0.15, -0.1) is 0 Å². The molecule has 0 aliphatic rings. The van der Waals surface area contributed by atoms with Gasteiger partial charge in [-0.1, -0.05) is 93.4 Å². The molecule has 4 heteroatoms. The van der Waals surface area contributed by atoms with Gasteiger partial charge in [0.25, 0.3) is 0 Å². The Balaban J connectivity index is 0.000000476. The van der Waals surface area contributed by atoms with E-state index in [4.69, 9.17) is 3.40 Å². The molecule has 0 saturated heterocycles. The first-order valence-electron chi connectivity index (χ1n) is 12.6. The summed E-state index contributed by atoms with van der Waals surface area (Å²) in [6.45, 7) is 20.7. The zero-order valence-electron chi connectivity index (χ0n) is 24.1. The monoisotopic (exact) mass is 668 g/mol. The number of aromatic hydroxyl groups is 1. The zero-order chi connectivity index (χ0) is 28.3. The fraction of sp³-hybridized carbons (Fsp3) is 0.303. The van der Waals surface area contributed by atoms with Crippen LogP contribution in [0.3, 0.4) is 0 Å². The van der Waals surface area contributed by atoms with Crippen LogP contribution >= 0.6 is 0 Å². The van der Waals surface area contributed by atoms with Crippen LogP contribution in [0.1, 0.15) is 58.6 Å². The van der Waals surface area contributed by atoms with Crippen LogP contribution < -0.4 is 4.98 Å². The third-order valence-corrected chi connectivity index (χ3v) is 5.85. The van der Waals surface area contributed by atoms with Gasteiger partial charge in [0.05, 0.1) is 0 Å². The van der Waals surface area contributed by atoms with Gasteiger partial charge in [-0.25, -0.2) is 0 Å². The Kier molecular flexibility index (Phi) is 13.3. The van der Waals surface area contributed by atoms with Crippen LogP contribution in [0.5, 0.6) is 5.75 Å². The summed E-state index contributed by atoms with van der Waals surface area (Å²) in [6.07, 6.45) is 0. The van der Waals surface area contributed by atoms with Crippen molar-refractivity contribution in [2.75, 3.05) is 0 Å². The summed E-state index contributed by atoms with van der Waals surface area (Å²) >= 11 is -1.25. The molecule has 0 amide bonds. The number of hydrogen-bond acceptors (Lipinski definition) is 2. The Morgan fingerprint density at radius 3 is 1.19 bits per heavy atom. The fourth-order valence-electron chi connectivity index (χ4n) is 4.75. The van der Waals surface area contributed by atoms with Gasteiger partial charge in [-0.05, 0) is 74.9 Å².